The summed E-state index contributed by atoms with van der Waals surface area (Å²) < 4.78 is 10.7. The van der Waals surface area contributed by atoms with Crippen LogP contribution in [0.1, 0.15) is 17.4 Å². The van der Waals surface area contributed by atoms with Crippen LogP contribution < -0.4 is 20.1 Å². The molecule has 0 bridgehead atoms. The van der Waals surface area contributed by atoms with Crippen LogP contribution in [0.3, 0.4) is 0 Å². The van der Waals surface area contributed by atoms with Gasteiger partial charge in [0.15, 0.2) is 5.96 Å². The molecule has 2 N–H and O–H groups in total. The average Bonchev–Trinajstić information content (AvgIpc) is 3.15. The van der Waals surface area contributed by atoms with Gasteiger partial charge in [-0.3, -0.25) is 4.99 Å². The highest BCUT2D eigenvalue weighted by atomic mass is 32.1. The van der Waals surface area contributed by atoms with Gasteiger partial charge in [-0.15, -0.1) is 11.3 Å². The summed E-state index contributed by atoms with van der Waals surface area (Å²) in [6.45, 7) is 4.46. The maximum absolute atomic E-state index is 5.43. The van der Waals surface area contributed by atoms with Crippen molar-refractivity contribution in [2.75, 3.05) is 33.9 Å². The van der Waals surface area contributed by atoms with Crippen LogP contribution in [0.5, 0.6) is 11.5 Å². The Labute approximate surface area is 154 Å². The minimum atomic E-state index is 0.772. The zero-order valence-electron chi connectivity index (χ0n) is 15.2. The lowest BCUT2D eigenvalue weighted by molar-refractivity contribution is 0.398. The van der Waals surface area contributed by atoms with Gasteiger partial charge in [0, 0.05) is 30.9 Å². The van der Waals surface area contributed by atoms with Crippen LogP contribution in [0.15, 0.2) is 40.7 Å². The van der Waals surface area contributed by atoms with Crippen molar-refractivity contribution in [3.63, 3.8) is 0 Å². The third-order valence-corrected chi connectivity index (χ3v) is 4.66. The summed E-state index contributed by atoms with van der Waals surface area (Å²) in [6.07, 6.45) is 1.80. The minimum absolute atomic E-state index is 0.772. The van der Waals surface area contributed by atoms with Gasteiger partial charge in [-0.05, 0) is 48.6 Å². The molecule has 2 aromatic rings. The third-order valence-electron chi connectivity index (χ3n) is 3.73. The van der Waals surface area contributed by atoms with E-state index in [1.54, 1.807) is 25.6 Å². The molecule has 0 unspecified atom stereocenters. The lowest BCUT2D eigenvalue weighted by atomic mass is 10.1. The molecule has 0 saturated heterocycles. The Morgan fingerprint density at radius 3 is 2.68 bits per heavy atom. The zero-order valence-corrected chi connectivity index (χ0v) is 16.0. The van der Waals surface area contributed by atoms with E-state index < -0.39 is 0 Å². The maximum atomic E-state index is 5.43. The number of ether oxygens (including phenoxy) is 2. The van der Waals surface area contributed by atoms with Gasteiger partial charge in [0.05, 0.1) is 14.2 Å². The van der Waals surface area contributed by atoms with Gasteiger partial charge in [-0.25, -0.2) is 0 Å². The molecule has 0 amide bonds. The number of guanidine groups is 1. The predicted octanol–water partition coefficient (Wildman–Crippen LogP) is 3.11. The number of nitrogens with one attached hydrogen (secondary N) is 2. The van der Waals surface area contributed by atoms with Crippen molar-refractivity contribution in [3.05, 3.63) is 46.2 Å². The topological polar surface area (TPSA) is 54.9 Å². The van der Waals surface area contributed by atoms with Gasteiger partial charge in [-0.1, -0.05) is 6.07 Å². The number of thiophene rings is 1. The Kier molecular flexibility index (Phi) is 8.12. The van der Waals surface area contributed by atoms with Crippen molar-refractivity contribution < 1.29 is 9.47 Å². The Bertz CT molecular complexity index is 657. The first-order valence-corrected chi connectivity index (χ1v) is 9.40. The van der Waals surface area contributed by atoms with E-state index in [0.29, 0.717) is 0 Å². The molecule has 0 aliphatic heterocycles. The minimum Gasteiger partial charge on any atom is -0.497 e. The summed E-state index contributed by atoms with van der Waals surface area (Å²) in [5.41, 5.74) is 1.11. The fourth-order valence-corrected chi connectivity index (χ4v) is 3.17. The van der Waals surface area contributed by atoms with Gasteiger partial charge in [0.1, 0.15) is 11.5 Å². The summed E-state index contributed by atoms with van der Waals surface area (Å²) >= 11 is 1.77. The van der Waals surface area contributed by atoms with Gasteiger partial charge >= 0.3 is 0 Å². The van der Waals surface area contributed by atoms with Crippen LogP contribution in [0, 0.1) is 0 Å². The normalized spacial score (nSPS) is 11.2. The van der Waals surface area contributed by atoms with Crippen LogP contribution in [-0.4, -0.2) is 39.8 Å². The van der Waals surface area contributed by atoms with E-state index in [1.165, 1.54) is 4.88 Å². The highest BCUT2D eigenvalue weighted by Gasteiger charge is 2.06. The molecule has 0 aliphatic carbocycles. The van der Waals surface area contributed by atoms with Gasteiger partial charge in [0.2, 0.25) is 0 Å². The molecular weight excluding hydrogens is 334 g/mol. The molecule has 0 atom stereocenters. The Morgan fingerprint density at radius 2 is 2.00 bits per heavy atom. The molecule has 0 fully saturated rings. The van der Waals surface area contributed by atoms with Gasteiger partial charge in [-0.2, -0.15) is 0 Å². The predicted molar refractivity (Wildman–Crippen MR) is 105 cm³/mol. The molecule has 6 heteroatoms. The fraction of sp³-hybridized carbons (Fsp3) is 0.421. The zero-order chi connectivity index (χ0) is 17.9. The van der Waals surface area contributed by atoms with Crippen molar-refractivity contribution in [1.29, 1.82) is 0 Å². The number of hydrogen-bond donors (Lipinski definition) is 2. The van der Waals surface area contributed by atoms with Crippen molar-refractivity contribution in [2.24, 2.45) is 4.99 Å². The summed E-state index contributed by atoms with van der Waals surface area (Å²) in [4.78, 5) is 6.00. The van der Waals surface area contributed by atoms with Gasteiger partial charge in [0.25, 0.3) is 0 Å². The van der Waals surface area contributed by atoms with Crippen LogP contribution in [0.25, 0.3) is 0 Å². The standard InChI is InChI=1S/C19H27N3O2S/c1-4-20-19(22-12-10-17-6-5-13-25-17)21-11-9-15-14-16(23-2)7-8-18(15)24-3/h5-8,13-14H,4,9-12H2,1-3H3,(H2,20,21,22). The lowest BCUT2D eigenvalue weighted by Gasteiger charge is -2.13. The molecule has 0 saturated carbocycles. The molecule has 25 heavy (non-hydrogen) atoms. The van der Waals surface area contributed by atoms with E-state index in [1.807, 2.05) is 18.2 Å². The molecule has 0 aliphatic rings. The molecule has 1 aromatic heterocycles. The van der Waals surface area contributed by atoms with Crippen molar-refractivity contribution in [1.82, 2.24) is 10.6 Å². The summed E-state index contributed by atoms with van der Waals surface area (Å²) in [6, 6.07) is 10.1. The molecule has 2 rings (SSSR count). The number of nitrogens with zero attached hydrogens (tertiary/aromatic N) is 1. The number of aliphatic imine (C=N–C) groups is 1. The van der Waals surface area contributed by atoms with E-state index in [-0.39, 0.29) is 0 Å². The van der Waals surface area contributed by atoms with Crippen LogP contribution >= 0.6 is 11.3 Å². The van der Waals surface area contributed by atoms with E-state index in [2.05, 4.69) is 40.1 Å². The number of benzene rings is 1. The molecule has 0 radical (unpaired) electrons. The summed E-state index contributed by atoms with van der Waals surface area (Å²) in [5, 5.41) is 8.77. The average molecular weight is 362 g/mol. The second kappa shape index (κ2) is 10.6. The van der Waals surface area contributed by atoms with Crippen LogP contribution in [-0.2, 0) is 12.8 Å². The Morgan fingerprint density at radius 1 is 1.12 bits per heavy atom. The number of methoxy groups -OCH3 is 2. The monoisotopic (exact) mass is 361 g/mol. The molecular formula is C19H27N3O2S. The summed E-state index contributed by atoms with van der Waals surface area (Å²) in [5.74, 6) is 2.57. The van der Waals surface area contributed by atoms with Crippen LogP contribution in [0.4, 0.5) is 0 Å². The summed E-state index contributed by atoms with van der Waals surface area (Å²) in [7, 11) is 3.36. The van der Waals surface area contributed by atoms with Crippen LogP contribution in [0.2, 0.25) is 0 Å². The first-order chi connectivity index (χ1) is 12.3. The Hall–Kier alpha value is -2.21. The molecule has 1 heterocycles. The molecule has 5 nitrogen and oxygen atoms in total. The van der Waals surface area contributed by atoms with Crippen molar-refractivity contribution in [2.45, 2.75) is 19.8 Å². The van der Waals surface area contributed by atoms with Crippen molar-refractivity contribution in [3.8, 4) is 11.5 Å². The van der Waals surface area contributed by atoms with E-state index in [4.69, 9.17) is 9.47 Å². The number of rotatable bonds is 9. The fourth-order valence-electron chi connectivity index (χ4n) is 2.47. The van der Waals surface area contributed by atoms with Gasteiger partial charge < -0.3 is 20.1 Å². The third kappa shape index (κ3) is 6.31. The number of hydrogen-bond acceptors (Lipinski definition) is 4. The molecule has 1 aromatic carbocycles. The largest absolute Gasteiger partial charge is 0.497 e. The molecule has 136 valence electrons. The highest BCUT2D eigenvalue weighted by molar-refractivity contribution is 7.09. The Balaban J connectivity index is 1.88. The maximum Gasteiger partial charge on any atom is 0.191 e. The second-order valence-corrected chi connectivity index (χ2v) is 6.48. The first-order valence-electron chi connectivity index (χ1n) is 8.52. The second-order valence-electron chi connectivity index (χ2n) is 5.44. The smallest absolute Gasteiger partial charge is 0.191 e. The van der Waals surface area contributed by atoms with E-state index in [9.17, 15) is 0 Å². The highest BCUT2D eigenvalue weighted by Crippen LogP contribution is 2.24. The van der Waals surface area contributed by atoms with E-state index >= 15 is 0 Å². The van der Waals surface area contributed by atoms with Crippen molar-refractivity contribution >= 4 is 17.3 Å². The lowest BCUT2D eigenvalue weighted by Crippen LogP contribution is -2.38. The first kappa shape index (κ1) is 19.1. The molecule has 0 spiro atoms. The van der Waals surface area contributed by atoms with E-state index in [0.717, 1.165) is 55.5 Å². The quantitative estimate of drug-likeness (QED) is 0.532. The SMILES string of the molecule is CCNC(=NCCc1cccs1)NCCc1cc(OC)ccc1OC.